The first-order valence-corrected chi connectivity index (χ1v) is 6.72. The predicted octanol–water partition coefficient (Wildman–Crippen LogP) is 3.68. The lowest BCUT2D eigenvalue weighted by molar-refractivity contribution is 0.359. The summed E-state index contributed by atoms with van der Waals surface area (Å²) in [5.41, 5.74) is 7.12. The van der Waals surface area contributed by atoms with Gasteiger partial charge in [0.25, 0.3) is 0 Å². The molecule has 2 aromatic rings. The second-order valence-corrected chi connectivity index (χ2v) is 4.88. The van der Waals surface area contributed by atoms with Gasteiger partial charge in [-0.1, -0.05) is 43.0 Å². The van der Waals surface area contributed by atoms with E-state index in [2.05, 4.69) is 36.9 Å². The predicted molar refractivity (Wildman–Crippen MR) is 81.6 cm³/mol. The molecule has 0 aromatic heterocycles. The summed E-state index contributed by atoms with van der Waals surface area (Å²) in [6.45, 7) is 6.27. The molecular formula is C17H21NO. The molecule has 100 valence electrons. The Morgan fingerprint density at radius 3 is 2.79 bits per heavy atom. The summed E-state index contributed by atoms with van der Waals surface area (Å²) in [7, 11) is 0. The Morgan fingerprint density at radius 1 is 1.26 bits per heavy atom. The summed E-state index contributed by atoms with van der Waals surface area (Å²) >= 11 is 0. The highest BCUT2D eigenvalue weighted by Crippen LogP contribution is 2.29. The Kier molecular flexibility index (Phi) is 4.58. The molecule has 1 atom stereocenters. The van der Waals surface area contributed by atoms with E-state index in [1.165, 1.54) is 16.3 Å². The molecule has 0 radical (unpaired) electrons. The zero-order valence-electron chi connectivity index (χ0n) is 11.4. The first-order valence-electron chi connectivity index (χ1n) is 6.72. The van der Waals surface area contributed by atoms with Gasteiger partial charge in [0.2, 0.25) is 0 Å². The number of rotatable bonds is 6. The smallest absolute Gasteiger partial charge is 0.123 e. The van der Waals surface area contributed by atoms with Crippen molar-refractivity contribution in [2.24, 2.45) is 5.73 Å². The van der Waals surface area contributed by atoms with Crippen LogP contribution in [0.4, 0.5) is 0 Å². The standard InChI is InChI=1S/C17H21NO/c1-3-12-19-17-11-9-14-6-4-5-7-15(14)16(17)10-8-13(2)18/h3-7,9,11,13H,1,8,10,12,18H2,2H3. The van der Waals surface area contributed by atoms with Gasteiger partial charge in [-0.2, -0.15) is 0 Å². The molecule has 2 N–H and O–H groups in total. The van der Waals surface area contributed by atoms with Crippen molar-refractivity contribution in [2.75, 3.05) is 6.61 Å². The highest BCUT2D eigenvalue weighted by molar-refractivity contribution is 5.87. The Balaban J connectivity index is 2.41. The van der Waals surface area contributed by atoms with Gasteiger partial charge in [0.1, 0.15) is 12.4 Å². The fourth-order valence-electron chi connectivity index (χ4n) is 2.23. The topological polar surface area (TPSA) is 35.2 Å². The Labute approximate surface area is 114 Å². The molecule has 1 unspecified atom stereocenters. The molecule has 0 aliphatic rings. The maximum Gasteiger partial charge on any atom is 0.123 e. The SMILES string of the molecule is C=CCOc1ccc2ccccc2c1CCC(C)N. The number of hydrogen-bond acceptors (Lipinski definition) is 2. The van der Waals surface area contributed by atoms with Crippen LogP contribution in [0.15, 0.2) is 49.1 Å². The van der Waals surface area contributed by atoms with Gasteiger partial charge >= 0.3 is 0 Å². The van der Waals surface area contributed by atoms with Gasteiger partial charge in [0, 0.05) is 11.6 Å². The van der Waals surface area contributed by atoms with E-state index in [1.807, 2.05) is 13.0 Å². The van der Waals surface area contributed by atoms with Gasteiger partial charge < -0.3 is 10.5 Å². The molecule has 0 saturated carbocycles. The lowest BCUT2D eigenvalue weighted by Gasteiger charge is -2.14. The quantitative estimate of drug-likeness (QED) is 0.799. The molecule has 0 saturated heterocycles. The number of nitrogens with two attached hydrogens (primary N) is 1. The third-order valence-electron chi connectivity index (χ3n) is 3.20. The lowest BCUT2D eigenvalue weighted by Crippen LogP contribution is -2.15. The third kappa shape index (κ3) is 3.36. The zero-order chi connectivity index (χ0) is 13.7. The van der Waals surface area contributed by atoms with Crippen LogP contribution in [0.1, 0.15) is 18.9 Å². The molecule has 2 heteroatoms. The molecule has 0 aliphatic heterocycles. The van der Waals surface area contributed by atoms with E-state index < -0.39 is 0 Å². The van der Waals surface area contributed by atoms with Crippen LogP contribution in [0.25, 0.3) is 10.8 Å². The van der Waals surface area contributed by atoms with Gasteiger partial charge in [-0.05, 0) is 36.6 Å². The molecule has 0 heterocycles. The van der Waals surface area contributed by atoms with Crippen molar-refractivity contribution in [1.29, 1.82) is 0 Å². The van der Waals surface area contributed by atoms with Crippen molar-refractivity contribution >= 4 is 10.8 Å². The molecule has 0 spiro atoms. The van der Waals surface area contributed by atoms with Crippen molar-refractivity contribution in [3.63, 3.8) is 0 Å². The number of benzene rings is 2. The Morgan fingerprint density at radius 2 is 2.05 bits per heavy atom. The molecular weight excluding hydrogens is 234 g/mol. The summed E-state index contributed by atoms with van der Waals surface area (Å²) < 4.78 is 5.77. The average molecular weight is 255 g/mol. The van der Waals surface area contributed by atoms with Crippen molar-refractivity contribution in [3.05, 3.63) is 54.6 Å². The van der Waals surface area contributed by atoms with Crippen molar-refractivity contribution < 1.29 is 4.74 Å². The molecule has 0 fully saturated rings. The van der Waals surface area contributed by atoms with E-state index in [0.29, 0.717) is 6.61 Å². The maximum absolute atomic E-state index is 5.88. The maximum atomic E-state index is 5.88. The van der Waals surface area contributed by atoms with Gasteiger partial charge in [-0.25, -0.2) is 0 Å². The largest absolute Gasteiger partial charge is 0.489 e. The second kappa shape index (κ2) is 6.39. The van der Waals surface area contributed by atoms with E-state index in [-0.39, 0.29) is 6.04 Å². The van der Waals surface area contributed by atoms with E-state index in [9.17, 15) is 0 Å². The van der Waals surface area contributed by atoms with Crippen molar-refractivity contribution in [2.45, 2.75) is 25.8 Å². The van der Waals surface area contributed by atoms with E-state index >= 15 is 0 Å². The Bertz CT molecular complexity index is 560. The molecule has 2 rings (SSSR count). The van der Waals surface area contributed by atoms with Gasteiger partial charge in [0.15, 0.2) is 0 Å². The molecule has 0 amide bonds. The number of fused-ring (bicyclic) bond motifs is 1. The monoisotopic (exact) mass is 255 g/mol. The first-order chi connectivity index (χ1) is 9.22. The van der Waals surface area contributed by atoms with E-state index in [0.717, 1.165) is 18.6 Å². The zero-order valence-corrected chi connectivity index (χ0v) is 11.4. The number of aryl methyl sites for hydroxylation is 1. The van der Waals surface area contributed by atoms with Crippen LogP contribution < -0.4 is 10.5 Å². The highest BCUT2D eigenvalue weighted by atomic mass is 16.5. The summed E-state index contributed by atoms with van der Waals surface area (Å²) in [5, 5.41) is 2.50. The average Bonchev–Trinajstić information content (AvgIpc) is 2.42. The summed E-state index contributed by atoms with van der Waals surface area (Å²) in [6.07, 6.45) is 3.66. The third-order valence-corrected chi connectivity index (χ3v) is 3.20. The Hall–Kier alpha value is -1.80. The van der Waals surface area contributed by atoms with Crippen LogP contribution in [0.5, 0.6) is 5.75 Å². The van der Waals surface area contributed by atoms with Gasteiger partial charge in [-0.3, -0.25) is 0 Å². The fourth-order valence-corrected chi connectivity index (χ4v) is 2.23. The van der Waals surface area contributed by atoms with Crippen LogP contribution in [0.3, 0.4) is 0 Å². The fraction of sp³-hybridized carbons (Fsp3) is 0.294. The minimum Gasteiger partial charge on any atom is -0.489 e. The lowest BCUT2D eigenvalue weighted by atomic mass is 9.98. The van der Waals surface area contributed by atoms with Gasteiger partial charge in [-0.15, -0.1) is 0 Å². The minimum absolute atomic E-state index is 0.200. The van der Waals surface area contributed by atoms with Crippen LogP contribution in [-0.2, 0) is 6.42 Å². The molecule has 0 bridgehead atoms. The van der Waals surface area contributed by atoms with E-state index in [4.69, 9.17) is 10.5 Å². The highest BCUT2D eigenvalue weighted by Gasteiger charge is 2.09. The van der Waals surface area contributed by atoms with Crippen molar-refractivity contribution in [1.82, 2.24) is 0 Å². The van der Waals surface area contributed by atoms with Crippen LogP contribution in [0.2, 0.25) is 0 Å². The molecule has 2 nitrogen and oxygen atoms in total. The summed E-state index contributed by atoms with van der Waals surface area (Å²) in [6, 6.07) is 12.7. The van der Waals surface area contributed by atoms with Gasteiger partial charge in [0.05, 0.1) is 0 Å². The number of ether oxygens (including phenoxy) is 1. The van der Waals surface area contributed by atoms with Crippen LogP contribution in [-0.4, -0.2) is 12.6 Å². The van der Waals surface area contributed by atoms with Crippen molar-refractivity contribution in [3.8, 4) is 5.75 Å². The first kappa shape index (κ1) is 13.6. The minimum atomic E-state index is 0.200. The molecule has 19 heavy (non-hydrogen) atoms. The number of hydrogen-bond donors (Lipinski definition) is 1. The van der Waals surface area contributed by atoms with Crippen LogP contribution >= 0.6 is 0 Å². The molecule has 2 aromatic carbocycles. The summed E-state index contributed by atoms with van der Waals surface area (Å²) in [5.74, 6) is 0.944. The summed E-state index contributed by atoms with van der Waals surface area (Å²) in [4.78, 5) is 0. The van der Waals surface area contributed by atoms with Crippen LogP contribution in [0, 0.1) is 0 Å². The van der Waals surface area contributed by atoms with E-state index in [1.54, 1.807) is 6.08 Å². The normalized spacial score (nSPS) is 12.3. The second-order valence-electron chi connectivity index (χ2n) is 4.88. The molecule has 0 aliphatic carbocycles.